The minimum atomic E-state index is -0.319. The number of hydrogen-bond acceptors (Lipinski definition) is 3. The fourth-order valence-electron chi connectivity index (χ4n) is 1.87. The van der Waals surface area contributed by atoms with Crippen LogP contribution in [0.1, 0.15) is 27.4 Å². The van der Waals surface area contributed by atoms with Crippen LogP contribution in [-0.2, 0) is 0 Å². The Balaban J connectivity index is 1.91. The SMILES string of the molecule is Cc1cc(C(=O)NNC(=S)Nc2ccc(C)c(Cl)c2)c(C)o1. The van der Waals surface area contributed by atoms with E-state index in [1.54, 1.807) is 26.0 Å². The Kier molecular flexibility index (Phi) is 5.05. The lowest BCUT2D eigenvalue weighted by Gasteiger charge is -2.12. The first-order valence-electron chi connectivity index (χ1n) is 6.57. The molecule has 0 aliphatic rings. The molecule has 2 rings (SSSR count). The standard InChI is InChI=1S/C15H16ClN3O2S/c1-8-4-5-11(7-13(8)16)17-15(22)19-18-14(20)12-6-9(2)21-10(12)3/h4-7H,1-3H3,(H,18,20)(H2,17,19,22). The van der Waals surface area contributed by atoms with Gasteiger partial charge in [-0.2, -0.15) is 0 Å². The number of aryl methyl sites for hydroxylation is 3. The quantitative estimate of drug-likeness (QED) is 0.578. The minimum Gasteiger partial charge on any atom is -0.466 e. The number of rotatable bonds is 2. The van der Waals surface area contributed by atoms with E-state index in [0.717, 1.165) is 11.3 Å². The number of carbonyl (C=O) groups excluding carboxylic acids is 1. The first-order valence-corrected chi connectivity index (χ1v) is 7.36. The largest absolute Gasteiger partial charge is 0.466 e. The molecule has 1 aromatic heterocycles. The van der Waals surface area contributed by atoms with Gasteiger partial charge < -0.3 is 9.73 Å². The van der Waals surface area contributed by atoms with Gasteiger partial charge in [-0.3, -0.25) is 15.6 Å². The van der Waals surface area contributed by atoms with Gasteiger partial charge in [-0.05, 0) is 56.8 Å². The first kappa shape index (κ1) is 16.3. The summed E-state index contributed by atoms with van der Waals surface area (Å²) in [7, 11) is 0. The summed E-state index contributed by atoms with van der Waals surface area (Å²) in [5.74, 6) is 0.916. The van der Waals surface area contributed by atoms with Gasteiger partial charge >= 0.3 is 0 Å². The van der Waals surface area contributed by atoms with E-state index in [4.69, 9.17) is 28.2 Å². The molecule has 1 heterocycles. The van der Waals surface area contributed by atoms with Crippen LogP contribution in [-0.4, -0.2) is 11.0 Å². The second-order valence-corrected chi connectivity index (χ2v) is 5.64. The van der Waals surface area contributed by atoms with Gasteiger partial charge in [0, 0.05) is 10.7 Å². The van der Waals surface area contributed by atoms with Crippen molar-refractivity contribution >= 4 is 40.5 Å². The predicted molar refractivity (Wildman–Crippen MR) is 91.2 cm³/mol. The lowest BCUT2D eigenvalue weighted by Crippen LogP contribution is -2.43. The number of hydrogen-bond donors (Lipinski definition) is 3. The normalized spacial score (nSPS) is 10.2. The van der Waals surface area contributed by atoms with E-state index in [9.17, 15) is 4.79 Å². The molecular weight excluding hydrogens is 322 g/mol. The molecule has 116 valence electrons. The van der Waals surface area contributed by atoms with E-state index in [0.29, 0.717) is 22.1 Å². The van der Waals surface area contributed by atoms with Crippen molar-refractivity contribution < 1.29 is 9.21 Å². The molecule has 7 heteroatoms. The third kappa shape index (κ3) is 3.99. The van der Waals surface area contributed by atoms with Crippen LogP contribution in [0.4, 0.5) is 5.69 Å². The number of amides is 1. The smallest absolute Gasteiger partial charge is 0.273 e. The highest BCUT2D eigenvalue weighted by Gasteiger charge is 2.13. The summed E-state index contributed by atoms with van der Waals surface area (Å²) in [4.78, 5) is 12.0. The van der Waals surface area contributed by atoms with Crippen molar-refractivity contribution in [3.05, 3.63) is 51.9 Å². The van der Waals surface area contributed by atoms with Gasteiger partial charge in [0.05, 0.1) is 5.56 Å². The highest BCUT2D eigenvalue weighted by molar-refractivity contribution is 7.80. The first-order chi connectivity index (χ1) is 10.4. The zero-order valence-corrected chi connectivity index (χ0v) is 14.0. The van der Waals surface area contributed by atoms with Crippen molar-refractivity contribution in [2.75, 3.05) is 5.32 Å². The number of halogens is 1. The van der Waals surface area contributed by atoms with Crippen molar-refractivity contribution in [2.24, 2.45) is 0 Å². The summed E-state index contributed by atoms with van der Waals surface area (Å²) in [6.45, 7) is 5.43. The molecule has 0 unspecified atom stereocenters. The van der Waals surface area contributed by atoms with Crippen LogP contribution in [0.5, 0.6) is 0 Å². The number of furan rings is 1. The van der Waals surface area contributed by atoms with E-state index in [1.165, 1.54) is 0 Å². The summed E-state index contributed by atoms with van der Waals surface area (Å²) < 4.78 is 5.31. The summed E-state index contributed by atoms with van der Waals surface area (Å²) >= 11 is 11.2. The van der Waals surface area contributed by atoms with Crippen molar-refractivity contribution in [3.8, 4) is 0 Å². The fourth-order valence-corrected chi connectivity index (χ4v) is 2.22. The monoisotopic (exact) mass is 337 g/mol. The maximum Gasteiger partial charge on any atom is 0.273 e. The molecule has 1 amide bonds. The molecular formula is C15H16ClN3O2S. The zero-order chi connectivity index (χ0) is 16.3. The van der Waals surface area contributed by atoms with Gasteiger partial charge in [-0.1, -0.05) is 17.7 Å². The fraction of sp³-hybridized carbons (Fsp3) is 0.200. The molecule has 0 bridgehead atoms. The summed E-state index contributed by atoms with van der Waals surface area (Å²) in [5, 5.41) is 3.83. The number of thiocarbonyl (C=S) groups is 1. The van der Waals surface area contributed by atoms with Crippen LogP contribution in [0.25, 0.3) is 0 Å². The molecule has 0 saturated carbocycles. The van der Waals surface area contributed by atoms with Crippen LogP contribution in [0, 0.1) is 20.8 Å². The van der Waals surface area contributed by atoms with Gasteiger partial charge in [0.25, 0.3) is 5.91 Å². The minimum absolute atomic E-state index is 0.256. The highest BCUT2D eigenvalue weighted by Crippen LogP contribution is 2.19. The van der Waals surface area contributed by atoms with E-state index >= 15 is 0 Å². The molecule has 0 saturated heterocycles. The topological polar surface area (TPSA) is 66.3 Å². The Morgan fingerprint density at radius 2 is 1.91 bits per heavy atom. The molecule has 5 nitrogen and oxygen atoms in total. The third-order valence-corrected chi connectivity index (χ3v) is 3.62. The van der Waals surface area contributed by atoms with Crippen LogP contribution in [0.3, 0.4) is 0 Å². The summed E-state index contributed by atoms with van der Waals surface area (Å²) in [5.41, 5.74) is 7.32. The Labute approximate surface area is 139 Å². The van der Waals surface area contributed by atoms with E-state index in [2.05, 4.69) is 16.2 Å². The molecule has 0 radical (unpaired) electrons. The maximum atomic E-state index is 12.0. The zero-order valence-electron chi connectivity index (χ0n) is 12.4. The second-order valence-electron chi connectivity index (χ2n) is 4.82. The van der Waals surface area contributed by atoms with E-state index < -0.39 is 0 Å². The molecule has 0 atom stereocenters. The predicted octanol–water partition coefficient (Wildman–Crippen LogP) is 3.49. The van der Waals surface area contributed by atoms with Crippen molar-refractivity contribution in [1.29, 1.82) is 0 Å². The molecule has 22 heavy (non-hydrogen) atoms. The van der Waals surface area contributed by atoms with E-state index in [-0.39, 0.29) is 11.0 Å². The highest BCUT2D eigenvalue weighted by atomic mass is 35.5. The van der Waals surface area contributed by atoms with Crippen LogP contribution < -0.4 is 16.2 Å². The average molecular weight is 338 g/mol. The molecule has 0 fully saturated rings. The molecule has 0 aliphatic heterocycles. The van der Waals surface area contributed by atoms with E-state index in [1.807, 2.05) is 19.1 Å². The maximum absolute atomic E-state index is 12.0. The number of anilines is 1. The molecule has 1 aromatic carbocycles. The molecule has 3 N–H and O–H groups in total. The van der Waals surface area contributed by atoms with Crippen molar-refractivity contribution in [2.45, 2.75) is 20.8 Å². The number of benzene rings is 1. The van der Waals surface area contributed by atoms with Crippen molar-refractivity contribution in [3.63, 3.8) is 0 Å². The summed E-state index contributed by atoms with van der Waals surface area (Å²) in [6.07, 6.45) is 0. The lowest BCUT2D eigenvalue weighted by atomic mass is 10.2. The van der Waals surface area contributed by atoms with Gasteiger partial charge in [-0.25, -0.2) is 0 Å². The lowest BCUT2D eigenvalue weighted by molar-refractivity contribution is 0.0942. The Bertz CT molecular complexity index is 728. The molecule has 0 spiro atoms. The van der Waals surface area contributed by atoms with Crippen molar-refractivity contribution in [1.82, 2.24) is 10.9 Å². The van der Waals surface area contributed by atoms with Gasteiger partial charge in [0.1, 0.15) is 11.5 Å². The van der Waals surface area contributed by atoms with Gasteiger partial charge in [0.15, 0.2) is 5.11 Å². The third-order valence-electron chi connectivity index (χ3n) is 3.00. The Morgan fingerprint density at radius 3 is 2.50 bits per heavy atom. The number of carbonyl (C=O) groups is 1. The molecule has 0 aliphatic carbocycles. The number of hydrazine groups is 1. The van der Waals surface area contributed by atoms with Crippen LogP contribution in [0.2, 0.25) is 5.02 Å². The number of nitrogens with one attached hydrogen (secondary N) is 3. The van der Waals surface area contributed by atoms with Gasteiger partial charge in [-0.15, -0.1) is 0 Å². The average Bonchev–Trinajstić information content (AvgIpc) is 2.79. The Morgan fingerprint density at radius 1 is 1.18 bits per heavy atom. The van der Waals surface area contributed by atoms with Gasteiger partial charge in [0.2, 0.25) is 0 Å². The van der Waals surface area contributed by atoms with Crippen LogP contribution in [0.15, 0.2) is 28.7 Å². The molecule has 2 aromatic rings. The van der Waals surface area contributed by atoms with Crippen LogP contribution >= 0.6 is 23.8 Å². The summed E-state index contributed by atoms with van der Waals surface area (Å²) in [6, 6.07) is 7.16. The Hall–Kier alpha value is -2.05. The second kappa shape index (κ2) is 6.81.